The Bertz CT molecular complexity index is 903. The molecule has 0 bridgehead atoms. The summed E-state index contributed by atoms with van der Waals surface area (Å²) in [6, 6.07) is 15.1. The van der Waals surface area contributed by atoms with Gasteiger partial charge in [-0.15, -0.1) is 0 Å². The Labute approximate surface area is 164 Å². The summed E-state index contributed by atoms with van der Waals surface area (Å²) in [6.07, 6.45) is 3.37. The second-order valence-corrected chi connectivity index (χ2v) is 7.13. The highest BCUT2D eigenvalue weighted by atomic mass is 19.3. The summed E-state index contributed by atoms with van der Waals surface area (Å²) in [7, 11) is 0. The highest BCUT2D eigenvalue weighted by Crippen LogP contribution is 2.33. The minimum absolute atomic E-state index is 0.0455. The van der Waals surface area contributed by atoms with Crippen LogP contribution in [0.25, 0.3) is 10.8 Å². The summed E-state index contributed by atoms with van der Waals surface area (Å²) in [5.41, 5.74) is 0.880. The first kappa shape index (κ1) is 20.2. The highest BCUT2D eigenvalue weighted by Gasteiger charge is 2.34. The molecule has 3 aromatic carbocycles. The van der Waals surface area contributed by atoms with Crippen LogP contribution in [0.1, 0.15) is 50.2 Å². The zero-order chi connectivity index (χ0) is 20.0. The number of rotatable bonds is 9. The van der Waals surface area contributed by atoms with Crippen LogP contribution in [0.4, 0.5) is 13.2 Å². The smallest absolute Gasteiger partial charge is 0.426 e. The number of halogens is 3. The third-order valence-electron chi connectivity index (χ3n) is 4.88. The standard InChI is InChI=1S/C24H25F3O/c1-2-3-4-5-6-7-18-8-12-21(13-9-18)24(26,27)28-23-15-11-19-16-22(25)14-10-20(19)17-23/h8-17H,2-7H2,1H3. The van der Waals surface area contributed by atoms with E-state index in [4.69, 9.17) is 4.74 Å². The van der Waals surface area contributed by atoms with E-state index in [1.807, 2.05) is 0 Å². The van der Waals surface area contributed by atoms with Crippen molar-refractivity contribution in [3.8, 4) is 5.75 Å². The molecule has 0 aliphatic heterocycles. The van der Waals surface area contributed by atoms with Gasteiger partial charge in [0.25, 0.3) is 0 Å². The van der Waals surface area contributed by atoms with Crippen LogP contribution in [-0.4, -0.2) is 0 Å². The van der Waals surface area contributed by atoms with E-state index in [1.54, 1.807) is 24.3 Å². The summed E-state index contributed by atoms with van der Waals surface area (Å²) < 4.78 is 47.3. The van der Waals surface area contributed by atoms with Crippen LogP contribution in [0.5, 0.6) is 5.75 Å². The Morgan fingerprint density at radius 2 is 1.46 bits per heavy atom. The minimum atomic E-state index is -3.44. The minimum Gasteiger partial charge on any atom is -0.429 e. The number of alkyl halides is 2. The summed E-state index contributed by atoms with van der Waals surface area (Å²) in [4.78, 5) is 0. The molecule has 4 heteroatoms. The first-order valence-electron chi connectivity index (χ1n) is 9.83. The van der Waals surface area contributed by atoms with Gasteiger partial charge in [0, 0.05) is 0 Å². The Kier molecular flexibility index (Phi) is 6.61. The van der Waals surface area contributed by atoms with E-state index in [0.29, 0.717) is 10.8 Å². The van der Waals surface area contributed by atoms with Gasteiger partial charge in [0.15, 0.2) is 0 Å². The first-order valence-corrected chi connectivity index (χ1v) is 9.83. The number of aryl methyl sites for hydroxylation is 1. The first-order chi connectivity index (χ1) is 13.5. The molecule has 28 heavy (non-hydrogen) atoms. The van der Waals surface area contributed by atoms with E-state index in [-0.39, 0.29) is 17.1 Å². The van der Waals surface area contributed by atoms with Crippen LogP contribution in [0.15, 0.2) is 60.7 Å². The number of benzene rings is 3. The molecular weight excluding hydrogens is 361 g/mol. The predicted octanol–water partition coefficient (Wildman–Crippen LogP) is 7.62. The molecule has 1 nitrogen and oxygen atoms in total. The Morgan fingerprint density at radius 1 is 0.786 bits per heavy atom. The largest absolute Gasteiger partial charge is 0.429 e. The zero-order valence-electron chi connectivity index (χ0n) is 16.1. The van der Waals surface area contributed by atoms with Crippen molar-refractivity contribution >= 4 is 10.8 Å². The van der Waals surface area contributed by atoms with Crippen LogP contribution in [0.2, 0.25) is 0 Å². The van der Waals surface area contributed by atoms with E-state index in [2.05, 4.69) is 6.92 Å². The molecule has 0 fully saturated rings. The second-order valence-electron chi connectivity index (χ2n) is 7.13. The summed E-state index contributed by atoms with van der Waals surface area (Å²) in [5, 5.41) is 1.28. The van der Waals surface area contributed by atoms with Gasteiger partial charge in [-0.3, -0.25) is 0 Å². The third-order valence-corrected chi connectivity index (χ3v) is 4.88. The molecule has 0 spiro atoms. The lowest BCUT2D eigenvalue weighted by Gasteiger charge is -2.19. The van der Waals surface area contributed by atoms with Crippen molar-refractivity contribution < 1.29 is 17.9 Å². The topological polar surface area (TPSA) is 9.23 Å². The SMILES string of the molecule is CCCCCCCc1ccc(C(F)(F)Oc2ccc3cc(F)ccc3c2)cc1. The van der Waals surface area contributed by atoms with Gasteiger partial charge in [0.05, 0.1) is 5.56 Å². The Morgan fingerprint density at radius 3 is 2.21 bits per heavy atom. The van der Waals surface area contributed by atoms with Gasteiger partial charge in [0.2, 0.25) is 0 Å². The highest BCUT2D eigenvalue weighted by molar-refractivity contribution is 5.83. The van der Waals surface area contributed by atoms with E-state index in [0.717, 1.165) is 18.4 Å². The lowest BCUT2D eigenvalue weighted by Crippen LogP contribution is -2.21. The quantitative estimate of drug-likeness (QED) is 0.344. The molecule has 3 aromatic rings. The molecule has 0 amide bonds. The van der Waals surface area contributed by atoms with E-state index in [1.165, 1.54) is 62.1 Å². The molecule has 0 unspecified atom stereocenters. The number of ether oxygens (including phenoxy) is 1. The van der Waals surface area contributed by atoms with Gasteiger partial charge in [0.1, 0.15) is 11.6 Å². The van der Waals surface area contributed by atoms with E-state index >= 15 is 0 Å². The van der Waals surface area contributed by atoms with Crippen molar-refractivity contribution in [1.29, 1.82) is 0 Å². The van der Waals surface area contributed by atoms with Gasteiger partial charge in [-0.2, -0.15) is 8.78 Å². The number of unbranched alkanes of at least 4 members (excludes halogenated alkanes) is 4. The van der Waals surface area contributed by atoms with E-state index < -0.39 is 6.11 Å². The molecule has 0 aliphatic carbocycles. The molecule has 148 valence electrons. The molecule has 0 saturated heterocycles. The van der Waals surface area contributed by atoms with Crippen LogP contribution < -0.4 is 4.74 Å². The monoisotopic (exact) mass is 386 g/mol. The van der Waals surface area contributed by atoms with Crippen LogP contribution in [0, 0.1) is 5.82 Å². The summed E-state index contributed by atoms with van der Waals surface area (Å²) in [5.74, 6) is -0.318. The average Bonchev–Trinajstić information content (AvgIpc) is 2.68. The van der Waals surface area contributed by atoms with Crippen molar-refractivity contribution in [1.82, 2.24) is 0 Å². The average molecular weight is 386 g/mol. The van der Waals surface area contributed by atoms with Crippen LogP contribution in [0.3, 0.4) is 0 Å². The van der Waals surface area contributed by atoms with Crippen molar-refractivity contribution in [2.24, 2.45) is 0 Å². The fraction of sp³-hybridized carbons (Fsp3) is 0.333. The second kappa shape index (κ2) is 9.13. The molecule has 0 aliphatic rings. The van der Waals surface area contributed by atoms with Gasteiger partial charge in [-0.1, -0.05) is 56.9 Å². The maximum absolute atomic E-state index is 14.5. The lowest BCUT2D eigenvalue weighted by molar-refractivity contribution is -0.185. The fourth-order valence-electron chi connectivity index (χ4n) is 3.26. The van der Waals surface area contributed by atoms with Crippen molar-refractivity contribution in [3.05, 3.63) is 77.6 Å². The number of fused-ring (bicyclic) bond motifs is 1. The van der Waals surface area contributed by atoms with E-state index in [9.17, 15) is 13.2 Å². The Hall–Kier alpha value is -2.49. The maximum Gasteiger partial charge on any atom is 0.426 e. The molecule has 0 aromatic heterocycles. The molecule has 0 atom stereocenters. The number of hydrogen-bond donors (Lipinski definition) is 0. The lowest BCUT2D eigenvalue weighted by atomic mass is 10.0. The molecule has 0 radical (unpaired) electrons. The zero-order valence-corrected chi connectivity index (χ0v) is 16.1. The summed E-state index contributed by atoms with van der Waals surface area (Å²) in [6.45, 7) is 2.18. The van der Waals surface area contributed by atoms with Crippen molar-refractivity contribution in [2.45, 2.75) is 51.6 Å². The van der Waals surface area contributed by atoms with Crippen LogP contribution >= 0.6 is 0 Å². The van der Waals surface area contributed by atoms with Gasteiger partial charge in [-0.05, 0) is 65.6 Å². The third kappa shape index (κ3) is 5.28. The molecule has 0 N–H and O–H groups in total. The van der Waals surface area contributed by atoms with Crippen molar-refractivity contribution in [3.63, 3.8) is 0 Å². The molecular formula is C24H25F3O. The molecule has 0 heterocycles. The number of hydrogen-bond acceptors (Lipinski definition) is 1. The maximum atomic E-state index is 14.5. The Balaban J connectivity index is 1.64. The van der Waals surface area contributed by atoms with Gasteiger partial charge < -0.3 is 4.74 Å². The van der Waals surface area contributed by atoms with Gasteiger partial charge >= 0.3 is 6.11 Å². The van der Waals surface area contributed by atoms with Gasteiger partial charge in [-0.25, -0.2) is 4.39 Å². The van der Waals surface area contributed by atoms with Crippen molar-refractivity contribution in [2.75, 3.05) is 0 Å². The fourth-order valence-corrected chi connectivity index (χ4v) is 3.26. The van der Waals surface area contributed by atoms with Crippen LogP contribution in [-0.2, 0) is 12.5 Å². The molecule has 0 saturated carbocycles. The summed E-state index contributed by atoms with van der Waals surface area (Å²) >= 11 is 0. The predicted molar refractivity (Wildman–Crippen MR) is 107 cm³/mol. The molecule has 3 rings (SSSR count). The normalized spacial score (nSPS) is 11.7.